The number of hydrogen-bond donors (Lipinski definition) is 0. The lowest BCUT2D eigenvalue weighted by molar-refractivity contribution is 0.675. The van der Waals surface area contributed by atoms with E-state index < -0.39 is 0 Å². The van der Waals surface area contributed by atoms with Gasteiger partial charge in [-0.3, -0.25) is 0 Å². The van der Waals surface area contributed by atoms with Gasteiger partial charge in [0.05, 0.1) is 0 Å². The van der Waals surface area contributed by atoms with Crippen LogP contribution >= 0.6 is 0 Å². The van der Waals surface area contributed by atoms with Crippen LogP contribution in [-0.2, 0) is 0 Å². The van der Waals surface area contributed by atoms with E-state index in [-0.39, 0.29) is 0 Å². The van der Waals surface area contributed by atoms with Crippen molar-refractivity contribution in [3.05, 3.63) is 24.3 Å². The van der Waals surface area contributed by atoms with Gasteiger partial charge in [-0.05, 0) is 54.9 Å². The molecule has 0 unspecified atom stereocenters. The topological polar surface area (TPSA) is 13.1 Å². The summed E-state index contributed by atoms with van der Waals surface area (Å²) < 4.78 is 6.79. The van der Waals surface area contributed by atoms with E-state index in [4.69, 9.17) is 4.42 Å². The zero-order valence-corrected chi connectivity index (χ0v) is 39.7. The van der Waals surface area contributed by atoms with Crippen molar-refractivity contribution < 1.29 is 4.42 Å². The second kappa shape index (κ2) is 14.4. The highest BCUT2D eigenvalue weighted by Crippen LogP contribution is 2.40. The minimum Gasteiger partial charge on any atom is -0.457 e. The van der Waals surface area contributed by atoms with Crippen molar-refractivity contribution in [3.8, 4) is 33.4 Å². The molecule has 0 saturated heterocycles. The molecule has 0 atom stereocenters. The lowest BCUT2D eigenvalue weighted by Gasteiger charge is -2.30. The van der Waals surface area contributed by atoms with Gasteiger partial charge in [0.1, 0.15) is 168 Å². The molecule has 8 rings (SSSR count). The molecule has 8 aromatic rings. The Bertz CT molecular complexity index is 3150. The van der Waals surface area contributed by atoms with Gasteiger partial charge < -0.3 is 4.42 Å². The second-order valence-corrected chi connectivity index (χ2v) is 18.6. The molecule has 0 bridgehead atoms. The van der Waals surface area contributed by atoms with Crippen LogP contribution in [0.2, 0.25) is 0 Å². The fraction of sp³-hybridized carbons (Fsp3) is 0. The van der Waals surface area contributed by atoms with Crippen LogP contribution in [0.1, 0.15) is 0 Å². The van der Waals surface area contributed by atoms with Crippen molar-refractivity contribution in [3.63, 3.8) is 0 Å². The summed E-state index contributed by atoms with van der Waals surface area (Å²) in [5, 5.41) is 8.15. The minimum atomic E-state index is 1.03. The minimum absolute atomic E-state index is 1.03. The fourth-order valence-electron chi connectivity index (χ4n) is 11.1. The zero-order chi connectivity index (χ0) is 43.2. The Balaban J connectivity index is 1.52. The third-order valence-corrected chi connectivity index (χ3v) is 16.4. The Hall–Kier alpha value is -3.84. The average molecular weight is 733 g/mol. The van der Waals surface area contributed by atoms with Gasteiger partial charge in [-0.1, -0.05) is 89.8 Å². The molecule has 1 heterocycles. The van der Waals surface area contributed by atoms with Crippen molar-refractivity contribution in [1.29, 1.82) is 0 Å². The number of hydrogen-bond acceptors (Lipinski definition) is 1. The number of fused-ring (bicyclic) bond motifs is 5. The molecular formula is C38H44B20O. The predicted octanol–water partition coefficient (Wildman–Crippen LogP) is -23.9. The number of rotatable bonds is 3. The Morgan fingerprint density at radius 2 is 0.458 bits per heavy atom. The molecule has 0 amide bonds. The summed E-state index contributed by atoms with van der Waals surface area (Å²) in [6.45, 7) is 0. The van der Waals surface area contributed by atoms with Crippen LogP contribution in [0, 0.1) is 0 Å². The largest absolute Gasteiger partial charge is 0.457 e. The van der Waals surface area contributed by atoms with Gasteiger partial charge in [-0.2, -0.15) is 0 Å². The third-order valence-electron chi connectivity index (χ3n) is 16.4. The van der Waals surface area contributed by atoms with E-state index in [2.05, 4.69) is 181 Å². The molecule has 1 nitrogen and oxygen atoms in total. The van der Waals surface area contributed by atoms with Crippen molar-refractivity contribution in [2.24, 2.45) is 0 Å². The highest BCUT2D eigenvalue weighted by atomic mass is 16.3. The SMILES string of the molecule is Bc1c(B)c(B)c(-c2c3c(B)c(B)c(B)c(B)c3c(-c3ccc(-c4c(B)c(B)c5oc6c(B)c(B)c(B)c(B)c6c5c4B)cc3)c3c(B)c(B)c(B)c(B)c23)c(B)c1B. The van der Waals surface area contributed by atoms with Gasteiger partial charge in [0, 0.05) is 10.8 Å². The summed E-state index contributed by atoms with van der Waals surface area (Å²) in [6.07, 6.45) is 0. The van der Waals surface area contributed by atoms with Crippen molar-refractivity contribution in [1.82, 2.24) is 0 Å². The lowest BCUT2D eigenvalue weighted by Crippen LogP contribution is -2.55. The molecule has 0 spiro atoms. The first-order valence-corrected chi connectivity index (χ1v) is 21.7. The average Bonchev–Trinajstić information content (AvgIpc) is 3.64. The first-order chi connectivity index (χ1) is 27.7. The molecule has 1 aromatic heterocycles. The highest BCUT2D eigenvalue weighted by Gasteiger charge is 2.28. The van der Waals surface area contributed by atoms with Crippen LogP contribution in [0.4, 0.5) is 0 Å². The zero-order valence-electron chi connectivity index (χ0n) is 39.7. The summed E-state index contributed by atoms with van der Waals surface area (Å²) >= 11 is 0. The van der Waals surface area contributed by atoms with E-state index in [0.29, 0.717) is 0 Å². The number of furan rings is 1. The van der Waals surface area contributed by atoms with Crippen molar-refractivity contribution in [2.45, 2.75) is 0 Å². The Morgan fingerprint density at radius 3 is 0.864 bits per heavy atom. The quantitative estimate of drug-likeness (QED) is 0.130. The lowest BCUT2D eigenvalue weighted by atomic mass is 9.56. The Labute approximate surface area is 369 Å². The molecule has 0 saturated carbocycles. The summed E-state index contributed by atoms with van der Waals surface area (Å²) in [6, 6.07) is 9.63. The molecule has 7 aromatic carbocycles. The van der Waals surface area contributed by atoms with E-state index in [1.54, 1.807) is 0 Å². The van der Waals surface area contributed by atoms with E-state index in [1.165, 1.54) is 175 Å². The van der Waals surface area contributed by atoms with Gasteiger partial charge in [-0.25, -0.2) is 0 Å². The normalized spacial score (nSPS) is 11.7. The van der Waals surface area contributed by atoms with Crippen LogP contribution in [0.15, 0.2) is 28.7 Å². The monoisotopic (exact) mass is 737 g/mol. The van der Waals surface area contributed by atoms with Gasteiger partial charge in [0.25, 0.3) is 0 Å². The van der Waals surface area contributed by atoms with E-state index in [1.807, 2.05) is 0 Å². The first-order valence-electron chi connectivity index (χ1n) is 21.7. The summed E-state index contributed by atoms with van der Waals surface area (Å²) in [5.74, 6) is 0. The van der Waals surface area contributed by atoms with Crippen LogP contribution in [0.5, 0.6) is 0 Å². The Morgan fingerprint density at radius 1 is 0.203 bits per heavy atom. The van der Waals surface area contributed by atoms with Crippen LogP contribution < -0.4 is 109 Å². The maximum atomic E-state index is 6.79. The van der Waals surface area contributed by atoms with Gasteiger partial charge >= 0.3 is 0 Å². The maximum absolute atomic E-state index is 6.79. The maximum Gasteiger partial charge on any atom is 0.143 e. The van der Waals surface area contributed by atoms with E-state index in [0.717, 1.165) is 11.2 Å². The standard InChI is InChI=1S/C38H44B20O/c39-17-8(18(40)35(57)37-15(17)16-25(47)32(54)34(56)36(58)38(16)59-37)6-3-1-5(2-4-6)7-10-12(21(43)28(50)26(48)19(10)41)9(13-11(7)20(42)27(49)29(51)22(13)44)14-23(45)30(52)33(55)31(53)24(14)46/h1-4H,39-58H2. The first kappa shape index (κ1) is 41.9. The van der Waals surface area contributed by atoms with Crippen LogP contribution in [0.3, 0.4) is 0 Å². The molecule has 21 heteroatoms. The summed E-state index contributed by atoms with van der Waals surface area (Å²) in [7, 11) is 46.3. The summed E-state index contributed by atoms with van der Waals surface area (Å²) in [5.41, 5.74) is 37.3. The van der Waals surface area contributed by atoms with Crippen LogP contribution in [0.25, 0.3) is 76.9 Å². The fourth-order valence-corrected chi connectivity index (χ4v) is 11.1. The molecule has 0 aliphatic rings. The third kappa shape index (κ3) is 5.60. The molecule has 0 aliphatic carbocycles. The molecule has 59 heavy (non-hydrogen) atoms. The van der Waals surface area contributed by atoms with Gasteiger partial charge in [-0.15, -0.1) is 43.7 Å². The molecule has 262 valence electrons. The molecular weight excluding hydrogens is 689 g/mol. The highest BCUT2D eigenvalue weighted by molar-refractivity contribution is 6.74. The molecule has 0 aliphatic heterocycles. The number of benzene rings is 7. The predicted molar refractivity (Wildman–Crippen MR) is 329 cm³/mol. The molecule has 0 radical (unpaired) electrons. The smallest absolute Gasteiger partial charge is 0.143 e. The van der Waals surface area contributed by atoms with E-state index >= 15 is 0 Å². The van der Waals surface area contributed by atoms with Gasteiger partial charge in [0.15, 0.2) is 0 Å². The van der Waals surface area contributed by atoms with Crippen LogP contribution in [-0.4, -0.2) is 157 Å². The van der Waals surface area contributed by atoms with Crippen molar-refractivity contribution in [2.75, 3.05) is 0 Å². The second-order valence-electron chi connectivity index (χ2n) is 18.6. The van der Waals surface area contributed by atoms with Gasteiger partial charge in [0.2, 0.25) is 0 Å². The molecule has 0 N–H and O–H groups in total. The van der Waals surface area contributed by atoms with Crippen molar-refractivity contribution >= 4 is 310 Å². The Kier molecular flexibility index (Phi) is 10.2. The summed E-state index contributed by atoms with van der Waals surface area (Å²) in [4.78, 5) is 0. The molecule has 0 fully saturated rings. The van der Waals surface area contributed by atoms with E-state index in [9.17, 15) is 0 Å².